The van der Waals surface area contributed by atoms with Crippen molar-refractivity contribution in [3.8, 4) is 0 Å². The van der Waals surface area contributed by atoms with Crippen LogP contribution in [0.4, 0.5) is 8.78 Å². The Morgan fingerprint density at radius 3 is 2.33 bits per heavy atom. The molecule has 0 bridgehead atoms. The quantitative estimate of drug-likeness (QED) is 0.789. The van der Waals surface area contributed by atoms with E-state index in [9.17, 15) is 23.2 Å². The van der Waals surface area contributed by atoms with Crippen molar-refractivity contribution in [1.82, 2.24) is 10.2 Å². The fourth-order valence-corrected chi connectivity index (χ4v) is 2.56. The predicted octanol–water partition coefficient (Wildman–Crippen LogP) is 1.61. The molecule has 1 aromatic rings. The van der Waals surface area contributed by atoms with Crippen LogP contribution in [-0.4, -0.2) is 40.4 Å². The highest BCUT2D eigenvalue weighted by Crippen LogP contribution is 2.30. The maximum absolute atomic E-state index is 14.0. The number of rotatable bonds is 7. The number of hydrogen-bond acceptors (Lipinski definition) is 3. The van der Waals surface area contributed by atoms with E-state index in [1.165, 1.54) is 17.9 Å². The Kier molecular flexibility index (Phi) is 5.48. The van der Waals surface area contributed by atoms with Crippen molar-refractivity contribution in [2.75, 3.05) is 6.54 Å². The summed E-state index contributed by atoms with van der Waals surface area (Å²) in [6, 6.07) is 1.88. The first kappa shape index (κ1) is 17.8. The molecule has 6 nitrogen and oxygen atoms in total. The zero-order valence-electron chi connectivity index (χ0n) is 13.1. The molecule has 8 heteroatoms. The number of amides is 2. The number of carbonyl (C=O) groups excluding carboxylic acids is 2. The molecule has 1 aromatic carbocycles. The van der Waals surface area contributed by atoms with Gasteiger partial charge in [0.1, 0.15) is 18.2 Å². The van der Waals surface area contributed by atoms with Gasteiger partial charge in [-0.05, 0) is 25.0 Å². The minimum Gasteiger partial charge on any atom is -0.480 e. The van der Waals surface area contributed by atoms with Crippen LogP contribution in [0.15, 0.2) is 18.2 Å². The van der Waals surface area contributed by atoms with E-state index >= 15 is 0 Å². The van der Waals surface area contributed by atoms with Crippen LogP contribution in [0.2, 0.25) is 0 Å². The van der Waals surface area contributed by atoms with Gasteiger partial charge >= 0.3 is 5.97 Å². The standard InChI is InChI=1S/C16H18F2N2O4/c1-9(21)19-13(16-11(17)3-2-4-12(16)18)7-14(22)20(8-15(23)24)10-5-6-10/h2-4,10,13H,5-8H2,1H3,(H,19,21)(H,23,24)/t13-/m1/s1. The first-order valence-corrected chi connectivity index (χ1v) is 7.52. The number of nitrogens with zero attached hydrogens (tertiary/aromatic N) is 1. The number of carboxylic acid groups (broad SMARTS) is 1. The van der Waals surface area contributed by atoms with Gasteiger partial charge in [0.2, 0.25) is 11.8 Å². The van der Waals surface area contributed by atoms with Gasteiger partial charge < -0.3 is 15.3 Å². The Morgan fingerprint density at radius 1 is 1.29 bits per heavy atom. The maximum atomic E-state index is 14.0. The van der Waals surface area contributed by atoms with Crippen molar-refractivity contribution in [2.45, 2.75) is 38.3 Å². The Labute approximate surface area is 137 Å². The van der Waals surface area contributed by atoms with Gasteiger partial charge in [0.05, 0.1) is 12.5 Å². The topological polar surface area (TPSA) is 86.7 Å². The van der Waals surface area contributed by atoms with Crippen LogP contribution in [0.5, 0.6) is 0 Å². The average molecular weight is 340 g/mol. The third-order valence-electron chi connectivity index (χ3n) is 3.72. The molecular weight excluding hydrogens is 322 g/mol. The average Bonchev–Trinajstić information content (AvgIpc) is 3.27. The van der Waals surface area contributed by atoms with E-state index in [4.69, 9.17) is 5.11 Å². The molecule has 1 aliphatic carbocycles. The maximum Gasteiger partial charge on any atom is 0.323 e. The second kappa shape index (κ2) is 7.37. The highest BCUT2D eigenvalue weighted by molar-refractivity contribution is 5.83. The summed E-state index contributed by atoms with van der Waals surface area (Å²) >= 11 is 0. The third-order valence-corrected chi connectivity index (χ3v) is 3.72. The summed E-state index contributed by atoms with van der Waals surface area (Å²) in [5.74, 6) is -4.04. The lowest BCUT2D eigenvalue weighted by atomic mass is 10.0. The molecule has 2 rings (SSSR count). The van der Waals surface area contributed by atoms with E-state index in [1.54, 1.807) is 0 Å². The summed E-state index contributed by atoms with van der Waals surface area (Å²) in [6.07, 6.45) is 0.969. The molecule has 0 aromatic heterocycles. The van der Waals surface area contributed by atoms with E-state index in [2.05, 4.69) is 5.32 Å². The van der Waals surface area contributed by atoms with Crippen molar-refractivity contribution in [3.05, 3.63) is 35.4 Å². The van der Waals surface area contributed by atoms with E-state index in [1.807, 2.05) is 0 Å². The van der Waals surface area contributed by atoms with E-state index in [0.717, 1.165) is 12.1 Å². The third kappa shape index (κ3) is 4.50. The predicted molar refractivity (Wildman–Crippen MR) is 79.9 cm³/mol. The summed E-state index contributed by atoms with van der Waals surface area (Å²) in [6.45, 7) is 0.697. The zero-order chi connectivity index (χ0) is 17.9. The molecule has 2 amide bonds. The molecule has 130 valence electrons. The minimum atomic E-state index is -1.20. The lowest BCUT2D eigenvalue weighted by Gasteiger charge is -2.25. The Hall–Kier alpha value is -2.51. The van der Waals surface area contributed by atoms with Gasteiger partial charge in [0, 0.05) is 18.5 Å². The number of halogens is 2. The summed E-state index contributed by atoms with van der Waals surface area (Å²) in [5, 5.41) is 11.3. The highest BCUT2D eigenvalue weighted by atomic mass is 19.1. The smallest absolute Gasteiger partial charge is 0.323 e. The van der Waals surface area contributed by atoms with Gasteiger partial charge in [-0.15, -0.1) is 0 Å². The molecule has 0 unspecified atom stereocenters. The molecule has 1 saturated carbocycles. The van der Waals surface area contributed by atoms with Crippen LogP contribution in [0.25, 0.3) is 0 Å². The van der Waals surface area contributed by atoms with Gasteiger partial charge in [-0.1, -0.05) is 6.07 Å². The van der Waals surface area contributed by atoms with E-state index in [-0.39, 0.29) is 6.04 Å². The largest absolute Gasteiger partial charge is 0.480 e. The first-order chi connectivity index (χ1) is 11.3. The molecule has 1 fully saturated rings. The normalized spacial score (nSPS) is 14.8. The molecule has 24 heavy (non-hydrogen) atoms. The lowest BCUT2D eigenvalue weighted by molar-refractivity contribution is -0.145. The first-order valence-electron chi connectivity index (χ1n) is 7.52. The number of hydrogen-bond donors (Lipinski definition) is 2. The lowest BCUT2D eigenvalue weighted by Crippen LogP contribution is -2.40. The van der Waals surface area contributed by atoms with Gasteiger partial charge in [-0.25, -0.2) is 8.78 Å². The van der Waals surface area contributed by atoms with Gasteiger partial charge in [0.25, 0.3) is 0 Å². The van der Waals surface area contributed by atoms with Crippen LogP contribution in [0.3, 0.4) is 0 Å². The van der Waals surface area contributed by atoms with Crippen LogP contribution < -0.4 is 5.32 Å². The number of benzene rings is 1. The number of nitrogens with one attached hydrogen (secondary N) is 1. The molecule has 0 spiro atoms. The molecule has 0 heterocycles. The summed E-state index contributed by atoms with van der Waals surface area (Å²) in [5.41, 5.74) is -0.410. The number of carboxylic acids is 1. The number of aliphatic carboxylic acids is 1. The zero-order valence-corrected chi connectivity index (χ0v) is 13.1. The van der Waals surface area contributed by atoms with Gasteiger partial charge in [-0.2, -0.15) is 0 Å². The minimum absolute atomic E-state index is 0.169. The second-order valence-corrected chi connectivity index (χ2v) is 5.74. The van der Waals surface area contributed by atoms with Crippen molar-refractivity contribution in [2.24, 2.45) is 0 Å². The second-order valence-electron chi connectivity index (χ2n) is 5.74. The van der Waals surface area contributed by atoms with E-state index in [0.29, 0.717) is 12.8 Å². The molecule has 0 radical (unpaired) electrons. The molecule has 2 N–H and O–H groups in total. The Morgan fingerprint density at radius 2 is 1.88 bits per heavy atom. The molecule has 1 atom stereocenters. The molecule has 0 aliphatic heterocycles. The van der Waals surface area contributed by atoms with E-state index < -0.39 is 54.0 Å². The summed E-state index contributed by atoms with van der Waals surface area (Å²) in [7, 11) is 0. The van der Waals surface area contributed by atoms with Crippen LogP contribution >= 0.6 is 0 Å². The van der Waals surface area contributed by atoms with Crippen molar-refractivity contribution < 1.29 is 28.3 Å². The molecular formula is C16H18F2N2O4. The van der Waals surface area contributed by atoms with Crippen molar-refractivity contribution in [1.29, 1.82) is 0 Å². The molecule has 1 aliphatic rings. The Balaban J connectivity index is 2.23. The summed E-state index contributed by atoms with van der Waals surface area (Å²) in [4.78, 5) is 35.8. The fourth-order valence-electron chi connectivity index (χ4n) is 2.56. The van der Waals surface area contributed by atoms with Crippen molar-refractivity contribution >= 4 is 17.8 Å². The highest BCUT2D eigenvalue weighted by Gasteiger charge is 2.35. The summed E-state index contributed by atoms with van der Waals surface area (Å²) < 4.78 is 27.9. The monoisotopic (exact) mass is 340 g/mol. The van der Waals surface area contributed by atoms with Crippen LogP contribution in [0.1, 0.15) is 37.8 Å². The number of carbonyl (C=O) groups is 3. The SMILES string of the molecule is CC(=O)N[C@H](CC(=O)N(CC(=O)O)C1CC1)c1c(F)cccc1F. The fraction of sp³-hybridized carbons (Fsp3) is 0.438. The van der Waals surface area contributed by atoms with Crippen molar-refractivity contribution in [3.63, 3.8) is 0 Å². The molecule has 0 saturated heterocycles. The van der Waals surface area contributed by atoms with Gasteiger partial charge in [0.15, 0.2) is 0 Å². The Bertz CT molecular complexity index is 641. The van der Waals surface area contributed by atoms with Crippen LogP contribution in [0, 0.1) is 11.6 Å². The van der Waals surface area contributed by atoms with Gasteiger partial charge in [-0.3, -0.25) is 14.4 Å². The van der Waals surface area contributed by atoms with Crippen LogP contribution in [-0.2, 0) is 14.4 Å².